The molecule has 28 nitrogen and oxygen atoms in total. The molecule has 3 saturated heterocycles. The van der Waals surface area contributed by atoms with E-state index in [-0.39, 0.29) is 139 Å². The highest BCUT2D eigenvalue weighted by Crippen LogP contribution is 2.30. The molecule has 15 atom stereocenters. The Morgan fingerprint density at radius 2 is 0.654 bits per heavy atom. The Morgan fingerprint density at radius 3 is 0.901 bits per heavy atom. The average molecular weight is 1170 g/mol. The highest BCUT2D eigenvalue weighted by Gasteiger charge is 2.45. The monoisotopic (exact) mass is 1170 g/mol. The minimum absolute atomic E-state index is 0.0113. The molecule has 3 aliphatic rings. The maximum Gasteiger partial charge on any atom is 0.222 e. The summed E-state index contributed by atoms with van der Waals surface area (Å²) in [5.41, 5.74) is -0.822. The summed E-state index contributed by atoms with van der Waals surface area (Å²) in [6, 6.07) is -0.0974. The first-order chi connectivity index (χ1) is 38.6. The molecule has 0 aromatic carbocycles. The number of hydrogen-bond donors (Lipinski definition) is 16. The van der Waals surface area contributed by atoms with Gasteiger partial charge in [0.1, 0.15) is 36.6 Å². The number of carbonyl (C=O) groups is 6. The van der Waals surface area contributed by atoms with Gasteiger partial charge in [-0.3, -0.25) is 28.8 Å². The van der Waals surface area contributed by atoms with Crippen molar-refractivity contribution in [1.29, 1.82) is 0 Å². The SMILES string of the molecule is CC(C)NC(CCC(=O)NCCCCNC(=O)CCOC1OC(CO)C(O)C(O)C1C)(CCC(=O)NCCCNC(=O)CCOC1OC(CO)C(O)C(O)C1C)CCC(=O)NCCCNC(=O)CCOC1OC(CO)C(O)C(O)C1C. The van der Waals surface area contributed by atoms with Crippen LogP contribution in [0.5, 0.6) is 0 Å². The number of amides is 6. The largest absolute Gasteiger partial charge is 0.394 e. The van der Waals surface area contributed by atoms with Crippen LogP contribution in [0.2, 0.25) is 0 Å². The number of carbonyl (C=O) groups excluding carboxylic acids is 6. The predicted molar refractivity (Wildman–Crippen MR) is 288 cm³/mol. The van der Waals surface area contributed by atoms with Gasteiger partial charge in [-0.2, -0.15) is 0 Å². The number of hydrogen-bond acceptors (Lipinski definition) is 22. The number of rotatable bonds is 39. The van der Waals surface area contributed by atoms with Crippen LogP contribution in [-0.4, -0.2) is 246 Å². The molecule has 0 aromatic rings. The lowest BCUT2D eigenvalue weighted by molar-refractivity contribution is -0.282. The molecule has 3 rings (SSSR count). The average Bonchev–Trinajstić information content (AvgIpc) is 3.46. The zero-order valence-corrected chi connectivity index (χ0v) is 47.8. The van der Waals surface area contributed by atoms with Gasteiger partial charge in [-0.15, -0.1) is 0 Å². The molecule has 15 unspecified atom stereocenters. The van der Waals surface area contributed by atoms with E-state index >= 15 is 0 Å². The summed E-state index contributed by atoms with van der Waals surface area (Å²) in [5, 5.41) is 110. The van der Waals surface area contributed by atoms with Crippen LogP contribution in [0.4, 0.5) is 0 Å². The molecule has 0 spiro atoms. The molecule has 16 N–H and O–H groups in total. The van der Waals surface area contributed by atoms with Gasteiger partial charge >= 0.3 is 0 Å². The molecule has 0 aliphatic carbocycles. The van der Waals surface area contributed by atoms with E-state index in [0.717, 1.165) is 0 Å². The molecule has 0 saturated carbocycles. The first-order valence-electron chi connectivity index (χ1n) is 28.7. The highest BCUT2D eigenvalue weighted by molar-refractivity contribution is 5.78. The molecular weight excluding hydrogens is 1070 g/mol. The molecule has 6 amide bonds. The molecule has 3 heterocycles. The minimum atomic E-state index is -1.27. The van der Waals surface area contributed by atoms with Gasteiger partial charge in [0.15, 0.2) is 18.9 Å². The van der Waals surface area contributed by atoms with Crippen LogP contribution in [0.3, 0.4) is 0 Å². The summed E-state index contributed by atoms with van der Waals surface area (Å²) in [6.45, 7) is 8.83. The van der Waals surface area contributed by atoms with E-state index in [4.69, 9.17) is 28.4 Å². The van der Waals surface area contributed by atoms with Gasteiger partial charge < -0.3 is 112 Å². The molecule has 0 aromatic heterocycles. The van der Waals surface area contributed by atoms with E-state index in [1.807, 2.05) is 13.8 Å². The van der Waals surface area contributed by atoms with Crippen molar-refractivity contribution in [2.45, 2.75) is 203 Å². The Morgan fingerprint density at radius 1 is 0.407 bits per heavy atom. The lowest BCUT2D eigenvalue weighted by atomic mass is 9.82. The summed E-state index contributed by atoms with van der Waals surface area (Å²) < 4.78 is 33.4. The van der Waals surface area contributed by atoms with Crippen LogP contribution in [0.1, 0.15) is 118 Å². The van der Waals surface area contributed by atoms with Crippen molar-refractivity contribution < 1.29 is 103 Å². The summed E-state index contributed by atoms with van der Waals surface area (Å²) in [4.78, 5) is 77.1. The third-order valence-electron chi connectivity index (χ3n) is 14.7. The summed E-state index contributed by atoms with van der Waals surface area (Å²) in [5.74, 6) is -3.45. The normalized spacial score (nSPS) is 29.3. The highest BCUT2D eigenvalue weighted by atomic mass is 16.7. The first kappa shape index (κ1) is 71.4. The molecule has 0 radical (unpaired) electrons. The van der Waals surface area contributed by atoms with Crippen LogP contribution in [-0.2, 0) is 57.2 Å². The van der Waals surface area contributed by atoms with Crippen molar-refractivity contribution >= 4 is 35.4 Å². The van der Waals surface area contributed by atoms with Gasteiger partial charge in [0.2, 0.25) is 35.4 Å². The van der Waals surface area contributed by atoms with E-state index in [0.29, 0.717) is 45.2 Å². The van der Waals surface area contributed by atoms with Gasteiger partial charge in [-0.25, -0.2) is 0 Å². The van der Waals surface area contributed by atoms with E-state index in [2.05, 4.69) is 37.2 Å². The number of aliphatic hydroxyl groups excluding tert-OH is 9. The number of nitrogens with one attached hydrogen (secondary N) is 7. The number of aliphatic hydroxyl groups is 9. The van der Waals surface area contributed by atoms with Crippen LogP contribution < -0.4 is 37.2 Å². The third-order valence-corrected chi connectivity index (χ3v) is 14.7. The quantitative estimate of drug-likeness (QED) is 0.0259. The second-order valence-corrected chi connectivity index (χ2v) is 21.7. The Bertz CT molecular complexity index is 1780. The Balaban J connectivity index is 1.44. The van der Waals surface area contributed by atoms with Gasteiger partial charge in [-0.1, -0.05) is 34.6 Å². The Kier molecular flexibility index (Phi) is 33.7. The smallest absolute Gasteiger partial charge is 0.222 e. The van der Waals surface area contributed by atoms with Gasteiger partial charge in [0.25, 0.3) is 0 Å². The van der Waals surface area contributed by atoms with E-state index in [1.165, 1.54) is 0 Å². The Labute approximate surface area is 474 Å². The topological polar surface area (TPSA) is 424 Å². The molecule has 28 heteroatoms. The predicted octanol–water partition coefficient (Wildman–Crippen LogP) is -4.23. The van der Waals surface area contributed by atoms with Gasteiger partial charge in [-0.05, 0) is 44.9 Å². The lowest BCUT2D eigenvalue weighted by Gasteiger charge is -2.40. The minimum Gasteiger partial charge on any atom is -0.394 e. The van der Waals surface area contributed by atoms with Crippen LogP contribution in [0, 0.1) is 17.8 Å². The van der Waals surface area contributed by atoms with Crippen molar-refractivity contribution in [3.05, 3.63) is 0 Å². The zero-order chi connectivity index (χ0) is 60.1. The molecular formula is C53H97N7O21. The number of unbranched alkanes of at least 4 members (excludes halogenated alkanes) is 1. The van der Waals surface area contributed by atoms with E-state index in [1.54, 1.807) is 20.8 Å². The van der Waals surface area contributed by atoms with Crippen LogP contribution in [0.15, 0.2) is 0 Å². The maximum atomic E-state index is 13.3. The van der Waals surface area contributed by atoms with Crippen molar-refractivity contribution in [3.8, 4) is 0 Å². The fourth-order valence-corrected chi connectivity index (χ4v) is 9.62. The number of ether oxygens (including phenoxy) is 6. The molecule has 470 valence electrons. The summed E-state index contributed by atoms with van der Waals surface area (Å²) in [7, 11) is 0. The van der Waals surface area contributed by atoms with Crippen molar-refractivity contribution in [2.75, 3.05) is 78.9 Å². The molecule has 81 heavy (non-hydrogen) atoms. The fourth-order valence-electron chi connectivity index (χ4n) is 9.62. The lowest BCUT2D eigenvalue weighted by Crippen LogP contribution is -2.55. The third kappa shape index (κ3) is 25.5. The van der Waals surface area contributed by atoms with Crippen molar-refractivity contribution in [1.82, 2.24) is 37.2 Å². The molecule has 0 bridgehead atoms. The van der Waals surface area contributed by atoms with E-state index < -0.39 is 117 Å². The summed E-state index contributed by atoms with van der Waals surface area (Å²) in [6.07, 6.45) is -10.1. The molecule has 3 aliphatic heterocycles. The van der Waals surface area contributed by atoms with Crippen LogP contribution >= 0.6 is 0 Å². The standard InChI is InChI=1S/C53H97N7O21/c1-31(2)60-53(17-11-39(65)56-21-8-23-58-42(68)14-26-77-51-33(4)45(71)48(74)36(29-62)80-51,18-12-40(66)57-22-9-24-59-43(69)15-27-78-52-34(5)46(72)49(75)37(30-63)81-52)16-10-38(64)54-19-6-7-20-55-41(67)13-25-76-50-32(3)44(70)47(73)35(28-61)79-50/h31-37,44-52,60-63,70-75H,6-30H2,1-5H3,(H,54,64)(H,55,67)(H,56,65)(H,57,66)(H,58,68)(H,59,69). The fraction of sp³-hybridized carbons (Fsp3) is 0.887. The second kappa shape index (κ2) is 38.2. The summed E-state index contributed by atoms with van der Waals surface area (Å²) >= 11 is 0. The van der Waals surface area contributed by atoms with Gasteiger partial charge in [0, 0.05) is 87.9 Å². The maximum absolute atomic E-state index is 13.3. The van der Waals surface area contributed by atoms with Gasteiger partial charge in [0.05, 0.1) is 77.2 Å². The molecule has 3 fully saturated rings. The van der Waals surface area contributed by atoms with Crippen molar-refractivity contribution in [2.24, 2.45) is 17.8 Å². The van der Waals surface area contributed by atoms with E-state index in [9.17, 15) is 74.7 Å². The van der Waals surface area contributed by atoms with Crippen molar-refractivity contribution in [3.63, 3.8) is 0 Å². The second-order valence-electron chi connectivity index (χ2n) is 21.7. The first-order valence-corrected chi connectivity index (χ1v) is 28.7. The van der Waals surface area contributed by atoms with Crippen LogP contribution in [0.25, 0.3) is 0 Å². The Hall–Kier alpha value is -3.82. The zero-order valence-electron chi connectivity index (χ0n) is 47.8.